The third-order valence-corrected chi connectivity index (χ3v) is 4.47. The van der Waals surface area contributed by atoms with E-state index in [9.17, 15) is 0 Å². The Kier molecular flexibility index (Phi) is 4.94. The van der Waals surface area contributed by atoms with Crippen LogP contribution in [0.25, 0.3) is 11.4 Å². The number of aromatic nitrogens is 2. The van der Waals surface area contributed by atoms with Gasteiger partial charge in [0.2, 0.25) is 0 Å². The maximum Gasteiger partial charge on any atom is 0.159 e. The summed E-state index contributed by atoms with van der Waals surface area (Å²) in [6.45, 7) is 2.74. The lowest BCUT2D eigenvalue weighted by Crippen LogP contribution is -2.15. The van der Waals surface area contributed by atoms with Crippen LogP contribution in [-0.2, 0) is 0 Å². The summed E-state index contributed by atoms with van der Waals surface area (Å²) in [4.78, 5) is 8.66. The molecule has 1 fully saturated rings. The zero-order chi connectivity index (χ0) is 15.4. The molecule has 1 saturated carbocycles. The lowest BCUT2D eigenvalue weighted by Gasteiger charge is -2.22. The highest BCUT2D eigenvalue weighted by Gasteiger charge is 2.15. The predicted octanol–water partition coefficient (Wildman–Crippen LogP) is 5.06. The third-order valence-electron chi connectivity index (χ3n) is 4.17. The minimum Gasteiger partial charge on any atom is -0.492 e. The lowest BCUT2D eigenvalue weighted by atomic mass is 9.90. The average molecular weight is 317 g/mol. The predicted molar refractivity (Wildman–Crippen MR) is 89.3 cm³/mol. The van der Waals surface area contributed by atoms with E-state index in [0.717, 1.165) is 23.5 Å². The molecule has 1 aromatic heterocycles. The molecule has 0 saturated heterocycles. The summed E-state index contributed by atoms with van der Waals surface area (Å²) in [6.07, 6.45) is 10.2. The number of rotatable bonds is 4. The molecule has 3 rings (SSSR count). The highest BCUT2D eigenvalue weighted by Crippen LogP contribution is 2.31. The van der Waals surface area contributed by atoms with Crippen LogP contribution in [-0.4, -0.2) is 16.6 Å². The minimum atomic E-state index is 0.623. The lowest BCUT2D eigenvalue weighted by molar-refractivity contribution is 0.209. The summed E-state index contributed by atoms with van der Waals surface area (Å²) in [5.41, 5.74) is 1.96. The van der Waals surface area contributed by atoms with Crippen molar-refractivity contribution >= 4 is 11.6 Å². The Bertz CT molecular complexity index is 621. The fraction of sp³-hybridized carbons (Fsp3) is 0.444. The van der Waals surface area contributed by atoms with Crippen LogP contribution in [0, 0.1) is 12.8 Å². The van der Waals surface area contributed by atoms with Gasteiger partial charge in [0.05, 0.1) is 11.6 Å². The molecule has 1 aliphatic rings. The maximum absolute atomic E-state index is 6.35. The monoisotopic (exact) mass is 316 g/mol. The fourth-order valence-electron chi connectivity index (χ4n) is 2.86. The zero-order valence-electron chi connectivity index (χ0n) is 12.9. The number of aryl methyl sites for hydroxylation is 1. The van der Waals surface area contributed by atoms with Gasteiger partial charge in [-0.2, -0.15) is 0 Å². The number of hydrogen-bond donors (Lipinski definition) is 0. The van der Waals surface area contributed by atoms with Crippen LogP contribution in [0.15, 0.2) is 30.6 Å². The minimum absolute atomic E-state index is 0.623. The largest absolute Gasteiger partial charge is 0.492 e. The Hall–Kier alpha value is -1.61. The van der Waals surface area contributed by atoms with E-state index in [1.807, 2.05) is 37.5 Å². The molecule has 116 valence electrons. The van der Waals surface area contributed by atoms with Gasteiger partial charge in [-0.15, -0.1) is 0 Å². The number of halogens is 1. The van der Waals surface area contributed by atoms with E-state index in [1.54, 1.807) is 0 Å². The van der Waals surface area contributed by atoms with Gasteiger partial charge < -0.3 is 4.74 Å². The molecule has 0 radical (unpaired) electrons. The van der Waals surface area contributed by atoms with E-state index in [-0.39, 0.29) is 0 Å². The second-order valence-electron chi connectivity index (χ2n) is 6.04. The summed E-state index contributed by atoms with van der Waals surface area (Å²) in [5.74, 6) is 2.11. The Labute approximate surface area is 136 Å². The number of nitrogens with zero attached hydrogens (tertiary/aromatic N) is 2. The Morgan fingerprint density at radius 2 is 1.86 bits per heavy atom. The van der Waals surface area contributed by atoms with Crippen molar-refractivity contribution in [1.29, 1.82) is 0 Å². The van der Waals surface area contributed by atoms with Crippen molar-refractivity contribution in [3.63, 3.8) is 0 Å². The van der Waals surface area contributed by atoms with Crippen molar-refractivity contribution in [3.8, 4) is 17.1 Å². The van der Waals surface area contributed by atoms with Crippen LogP contribution in [0.3, 0.4) is 0 Å². The Morgan fingerprint density at radius 3 is 2.55 bits per heavy atom. The van der Waals surface area contributed by atoms with E-state index in [4.69, 9.17) is 16.3 Å². The highest BCUT2D eigenvalue weighted by molar-refractivity contribution is 6.32. The van der Waals surface area contributed by atoms with Crippen LogP contribution in [0.1, 0.15) is 37.7 Å². The molecular formula is C18H21ClN2O. The molecular weight excluding hydrogens is 296 g/mol. The van der Waals surface area contributed by atoms with Crippen LogP contribution < -0.4 is 4.74 Å². The van der Waals surface area contributed by atoms with E-state index < -0.39 is 0 Å². The molecule has 4 heteroatoms. The molecule has 1 aromatic carbocycles. The van der Waals surface area contributed by atoms with Crippen LogP contribution in [0.5, 0.6) is 5.75 Å². The molecule has 0 amide bonds. The van der Waals surface area contributed by atoms with Crippen molar-refractivity contribution in [3.05, 3.63) is 41.2 Å². The average Bonchev–Trinajstić information content (AvgIpc) is 2.55. The standard InChI is InChI=1S/C18H21ClN2O/c1-13-10-20-18(21-11-13)15-7-8-17(16(19)9-15)22-12-14-5-3-2-4-6-14/h7-11,14H,2-6,12H2,1H3. The molecule has 0 bridgehead atoms. The van der Waals surface area contributed by atoms with Crippen molar-refractivity contribution in [1.82, 2.24) is 9.97 Å². The second kappa shape index (κ2) is 7.10. The normalized spacial score (nSPS) is 15.7. The first-order valence-corrected chi connectivity index (χ1v) is 8.31. The van der Waals surface area contributed by atoms with Crippen LogP contribution in [0.4, 0.5) is 0 Å². The first kappa shape index (κ1) is 15.3. The molecule has 2 aromatic rings. The summed E-state index contributed by atoms with van der Waals surface area (Å²) in [7, 11) is 0. The van der Waals surface area contributed by atoms with Gasteiger partial charge in [0.25, 0.3) is 0 Å². The molecule has 22 heavy (non-hydrogen) atoms. The summed E-state index contributed by atoms with van der Waals surface area (Å²) in [5, 5.41) is 0.623. The van der Waals surface area contributed by atoms with Gasteiger partial charge in [0.15, 0.2) is 5.82 Å². The van der Waals surface area contributed by atoms with E-state index in [0.29, 0.717) is 16.8 Å². The van der Waals surface area contributed by atoms with Crippen molar-refractivity contribution < 1.29 is 4.74 Å². The molecule has 1 aliphatic carbocycles. The van der Waals surface area contributed by atoms with Crippen LogP contribution >= 0.6 is 11.6 Å². The van der Waals surface area contributed by atoms with Crippen molar-refractivity contribution in [2.45, 2.75) is 39.0 Å². The SMILES string of the molecule is Cc1cnc(-c2ccc(OCC3CCCCC3)c(Cl)c2)nc1. The van der Waals surface area contributed by atoms with Gasteiger partial charge in [-0.25, -0.2) is 9.97 Å². The summed E-state index contributed by atoms with van der Waals surface area (Å²) in [6, 6.07) is 5.76. The van der Waals surface area contributed by atoms with Crippen molar-refractivity contribution in [2.24, 2.45) is 5.92 Å². The first-order valence-electron chi connectivity index (χ1n) is 7.94. The van der Waals surface area contributed by atoms with Crippen LogP contribution in [0.2, 0.25) is 5.02 Å². The smallest absolute Gasteiger partial charge is 0.159 e. The fourth-order valence-corrected chi connectivity index (χ4v) is 3.10. The topological polar surface area (TPSA) is 35.0 Å². The third kappa shape index (κ3) is 3.77. The van der Waals surface area contributed by atoms with Gasteiger partial charge in [-0.1, -0.05) is 30.9 Å². The van der Waals surface area contributed by atoms with E-state index in [2.05, 4.69) is 9.97 Å². The molecule has 0 N–H and O–H groups in total. The summed E-state index contributed by atoms with van der Waals surface area (Å²) >= 11 is 6.35. The van der Waals surface area contributed by atoms with Crippen molar-refractivity contribution in [2.75, 3.05) is 6.61 Å². The number of hydrogen-bond acceptors (Lipinski definition) is 3. The summed E-state index contributed by atoms with van der Waals surface area (Å²) < 4.78 is 5.91. The number of benzene rings is 1. The molecule has 0 atom stereocenters. The highest BCUT2D eigenvalue weighted by atomic mass is 35.5. The molecule has 0 aliphatic heterocycles. The quantitative estimate of drug-likeness (QED) is 0.790. The van der Waals surface area contributed by atoms with Gasteiger partial charge in [0.1, 0.15) is 5.75 Å². The molecule has 3 nitrogen and oxygen atoms in total. The van der Waals surface area contributed by atoms with Gasteiger partial charge in [-0.05, 0) is 49.4 Å². The van der Waals surface area contributed by atoms with Gasteiger partial charge >= 0.3 is 0 Å². The molecule has 1 heterocycles. The molecule has 0 unspecified atom stereocenters. The van der Waals surface area contributed by atoms with E-state index >= 15 is 0 Å². The second-order valence-corrected chi connectivity index (χ2v) is 6.45. The van der Waals surface area contributed by atoms with Gasteiger partial charge in [-0.3, -0.25) is 0 Å². The first-order chi connectivity index (χ1) is 10.7. The molecule has 0 spiro atoms. The maximum atomic E-state index is 6.35. The Morgan fingerprint density at radius 1 is 1.14 bits per heavy atom. The van der Waals surface area contributed by atoms with Gasteiger partial charge in [0, 0.05) is 18.0 Å². The Balaban J connectivity index is 1.67. The van der Waals surface area contributed by atoms with E-state index in [1.165, 1.54) is 32.1 Å². The number of ether oxygens (including phenoxy) is 1. The zero-order valence-corrected chi connectivity index (χ0v) is 13.6.